The smallest absolute Gasteiger partial charge is 0.407 e. The fraction of sp³-hybridized carbons (Fsp3) is 0.533. The van der Waals surface area contributed by atoms with E-state index in [0.29, 0.717) is 0 Å². The first kappa shape index (κ1) is 15.7. The lowest BCUT2D eigenvalue weighted by molar-refractivity contribution is -0.157. The minimum absolute atomic E-state index is 0.0165. The number of hydrogen-bond acceptors (Lipinski definition) is 2. The second-order valence-corrected chi connectivity index (χ2v) is 5.31. The van der Waals surface area contributed by atoms with E-state index in [9.17, 15) is 18.7 Å². The lowest BCUT2D eigenvalue weighted by Gasteiger charge is -2.39. The number of benzene rings is 1. The molecule has 1 amide bonds. The van der Waals surface area contributed by atoms with Crippen LogP contribution < -0.4 is 0 Å². The van der Waals surface area contributed by atoms with Crippen molar-refractivity contribution in [3.63, 3.8) is 0 Å². The van der Waals surface area contributed by atoms with Crippen LogP contribution in [-0.2, 0) is 11.3 Å². The van der Waals surface area contributed by atoms with Gasteiger partial charge in [0.05, 0.1) is 0 Å². The maximum Gasteiger partial charge on any atom is 0.407 e. The third-order valence-corrected chi connectivity index (χ3v) is 3.93. The van der Waals surface area contributed by atoms with Gasteiger partial charge in [0.1, 0.15) is 6.10 Å². The predicted molar refractivity (Wildman–Crippen MR) is 73.4 cm³/mol. The van der Waals surface area contributed by atoms with Crippen molar-refractivity contribution in [1.82, 2.24) is 4.90 Å². The normalized spacial score (nSPS) is 24.5. The summed E-state index contributed by atoms with van der Waals surface area (Å²) in [4.78, 5) is 12.7. The summed E-state index contributed by atoms with van der Waals surface area (Å²) < 4.78 is 32.1. The highest BCUT2D eigenvalue weighted by atomic mass is 19.3. The Morgan fingerprint density at radius 1 is 1.43 bits per heavy atom. The first-order valence-electron chi connectivity index (χ1n) is 6.88. The van der Waals surface area contributed by atoms with Crippen LogP contribution in [0, 0.1) is 0 Å². The number of methoxy groups -OCH3 is 1. The van der Waals surface area contributed by atoms with Crippen molar-refractivity contribution in [2.75, 3.05) is 7.11 Å². The Morgan fingerprint density at radius 2 is 2.10 bits per heavy atom. The van der Waals surface area contributed by atoms with Crippen molar-refractivity contribution in [2.45, 2.75) is 43.9 Å². The SMILES string of the molecule is COC1CC(N(Cc2ccccc2)C(=O)O)CCC1(F)F. The van der Waals surface area contributed by atoms with E-state index in [4.69, 9.17) is 4.74 Å². The number of carbonyl (C=O) groups is 1. The van der Waals surface area contributed by atoms with Crippen molar-refractivity contribution in [1.29, 1.82) is 0 Å². The fourth-order valence-corrected chi connectivity index (χ4v) is 2.74. The summed E-state index contributed by atoms with van der Waals surface area (Å²) >= 11 is 0. The Morgan fingerprint density at radius 3 is 2.67 bits per heavy atom. The minimum atomic E-state index is -2.89. The molecule has 1 aliphatic rings. The number of halogens is 2. The first-order valence-corrected chi connectivity index (χ1v) is 6.88. The van der Waals surface area contributed by atoms with Gasteiger partial charge in [-0.3, -0.25) is 0 Å². The molecule has 1 fully saturated rings. The van der Waals surface area contributed by atoms with Crippen molar-refractivity contribution in [2.24, 2.45) is 0 Å². The quantitative estimate of drug-likeness (QED) is 0.927. The Bertz CT molecular complexity index is 481. The van der Waals surface area contributed by atoms with Crippen molar-refractivity contribution in [3.8, 4) is 0 Å². The molecule has 0 spiro atoms. The van der Waals surface area contributed by atoms with Gasteiger partial charge in [-0.25, -0.2) is 13.6 Å². The second kappa shape index (κ2) is 6.39. The maximum atomic E-state index is 13.6. The average molecular weight is 299 g/mol. The van der Waals surface area contributed by atoms with Gasteiger partial charge in [-0.2, -0.15) is 0 Å². The second-order valence-electron chi connectivity index (χ2n) is 5.31. The topological polar surface area (TPSA) is 49.8 Å². The van der Waals surface area contributed by atoms with Gasteiger partial charge in [0, 0.05) is 32.5 Å². The van der Waals surface area contributed by atoms with E-state index in [1.807, 2.05) is 30.3 Å². The van der Waals surface area contributed by atoms with E-state index >= 15 is 0 Å². The molecule has 1 aromatic rings. The van der Waals surface area contributed by atoms with Gasteiger partial charge in [0.2, 0.25) is 0 Å². The summed E-state index contributed by atoms with van der Waals surface area (Å²) in [6.45, 7) is 0.197. The molecule has 1 aliphatic carbocycles. The summed E-state index contributed by atoms with van der Waals surface area (Å²) in [6, 6.07) is 8.68. The summed E-state index contributed by atoms with van der Waals surface area (Å²) in [5.41, 5.74) is 0.839. The molecule has 21 heavy (non-hydrogen) atoms. The van der Waals surface area contributed by atoms with Crippen LogP contribution in [-0.4, -0.2) is 41.3 Å². The Kier molecular flexibility index (Phi) is 4.77. The Hall–Kier alpha value is -1.69. The lowest BCUT2D eigenvalue weighted by Crippen LogP contribution is -2.50. The van der Waals surface area contributed by atoms with E-state index in [1.54, 1.807) is 0 Å². The summed E-state index contributed by atoms with van der Waals surface area (Å²) in [5, 5.41) is 9.37. The third kappa shape index (κ3) is 3.69. The van der Waals surface area contributed by atoms with E-state index in [2.05, 4.69) is 0 Å². The molecule has 0 heterocycles. The summed E-state index contributed by atoms with van der Waals surface area (Å²) in [5.74, 6) is -2.89. The highest BCUT2D eigenvalue weighted by molar-refractivity contribution is 5.65. The molecule has 2 unspecified atom stereocenters. The van der Waals surface area contributed by atoms with Gasteiger partial charge in [0.25, 0.3) is 5.92 Å². The minimum Gasteiger partial charge on any atom is -0.465 e. The Balaban J connectivity index is 2.10. The number of nitrogens with zero attached hydrogens (tertiary/aromatic N) is 1. The molecule has 1 aromatic carbocycles. The maximum absolute atomic E-state index is 13.6. The number of carboxylic acid groups (broad SMARTS) is 1. The van der Waals surface area contributed by atoms with Crippen LogP contribution in [0.25, 0.3) is 0 Å². The van der Waals surface area contributed by atoms with Gasteiger partial charge in [0.15, 0.2) is 0 Å². The Labute approximate surface area is 122 Å². The van der Waals surface area contributed by atoms with Gasteiger partial charge in [-0.05, 0) is 12.0 Å². The largest absolute Gasteiger partial charge is 0.465 e. The molecule has 116 valence electrons. The molecule has 0 radical (unpaired) electrons. The molecule has 6 heteroatoms. The summed E-state index contributed by atoms with van der Waals surface area (Å²) in [6.07, 6.45) is -2.51. The monoisotopic (exact) mass is 299 g/mol. The molecule has 0 aliphatic heterocycles. The van der Waals surface area contributed by atoms with Crippen molar-refractivity contribution < 1.29 is 23.4 Å². The number of hydrogen-bond donors (Lipinski definition) is 1. The van der Waals surface area contributed by atoms with E-state index < -0.39 is 24.2 Å². The van der Waals surface area contributed by atoms with Crippen LogP contribution >= 0.6 is 0 Å². The number of alkyl halides is 2. The van der Waals surface area contributed by atoms with E-state index in [1.165, 1.54) is 12.0 Å². The van der Waals surface area contributed by atoms with Crippen molar-refractivity contribution >= 4 is 6.09 Å². The molecule has 1 saturated carbocycles. The summed E-state index contributed by atoms with van der Waals surface area (Å²) in [7, 11) is 1.24. The molecule has 0 bridgehead atoms. The molecule has 0 saturated heterocycles. The zero-order chi connectivity index (χ0) is 15.5. The van der Waals surface area contributed by atoms with Crippen LogP contribution in [0.3, 0.4) is 0 Å². The molecular weight excluding hydrogens is 280 g/mol. The molecule has 2 atom stereocenters. The van der Waals surface area contributed by atoms with Crippen LogP contribution in [0.15, 0.2) is 30.3 Å². The van der Waals surface area contributed by atoms with E-state index in [-0.39, 0.29) is 25.8 Å². The zero-order valence-corrected chi connectivity index (χ0v) is 11.8. The highest BCUT2D eigenvalue weighted by Crippen LogP contribution is 2.37. The van der Waals surface area contributed by atoms with Gasteiger partial charge in [-0.15, -0.1) is 0 Å². The van der Waals surface area contributed by atoms with Crippen LogP contribution in [0.5, 0.6) is 0 Å². The number of ether oxygens (including phenoxy) is 1. The molecule has 0 aromatic heterocycles. The van der Waals surface area contributed by atoms with Gasteiger partial charge >= 0.3 is 6.09 Å². The number of rotatable bonds is 4. The molecule has 2 rings (SSSR count). The van der Waals surface area contributed by atoms with E-state index in [0.717, 1.165) is 5.56 Å². The lowest BCUT2D eigenvalue weighted by atomic mass is 9.88. The average Bonchev–Trinajstić information content (AvgIpc) is 2.46. The van der Waals surface area contributed by atoms with Crippen LogP contribution in [0.2, 0.25) is 0 Å². The molecular formula is C15H19F2NO3. The van der Waals surface area contributed by atoms with Crippen molar-refractivity contribution in [3.05, 3.63) is 35.9 Å². The van der Waals surface area contributed by atoms with Crippen LogP contribution in [0.1, 0.15) is 24.8 Å². The van der Waals surface area contributed by atoms with Gasteiger partial charge < -0.3 is 14.7 Å². The predicted octanol–water partition coefficient (Wildman–Crippen LogP) is 3.37. The standard InChI is InChI=1S/C15H19F2NO3/c1-21-13-9-12(7-8-15(13,16)17)18(14(19)20)10-11-5-3-2-4-6-11/h2-6,12-13H,7-10H2,1H3,(H,19,20). The fourth-order valence-electron chi connectivity index (χ4n) is 2.74. The highest BCUT2D eigenvalue weighted by Gasteiger charge is 2.46. The number of amides is 1. The first-order chi connectivity index (χ1) is 9.94. The van der Waals surface area contributed by atoms with Gasteiger partial charge in [-0.1, -0.05) is 30.3 Å². The molecule has 4 nitrogen and oxygen atoms in total. The van der Waals surface area contributed by atoms with Crippen LogP contribution in [0.4, 0.5) is 13.6 Å². The third-order valence-electron chi connectivity index (χ3n) is 3.93. The molecule has 1 N–H and O–H groups in total. The zero-order valence-electron chi connectivity index (χ0n) is 11.8.